The normalized spacial score (nSPS) is 14.2. The SMILES string of the molecule is Cc1cccc(OCC(=O)N(Cc2cccc(Cl)c2)C(Cc2ccccc2)C(=O)NC2CCCC2)c1C. The number of nitrogens with one attached hydrogen (secondary N) is 1. The number of ether oxygens (including phenoxy) is 1. The van der Waals surface area contributed by atoms with Gasteiger partial charge in [0.2, 0.25) is 5.91 Å². The summed E-state index contributed by atoms with van der Waals surface area (Å²) in [5.41, 5.74) is 3.95. The number of hydrogen-bond acceptors (Lipinski definition) is 3. The van der Waals surface area contributed by atoms with Gasteiger partial charge >= 0.3 is 0 Å². The molecule has 4 rings (SSSR count). The number of rotatable bonds is 10. The zero-order valence-corrected chi connectivity index (χ0v) is 22.3. The van der Waals surface area contributed by atoms with Crippen molar-refractivity contribution in [3.63, 3.8) is 0 Å². The summed E-state index contributed by atoms with van der Waals surface area (Å²) in [5.74, 6) is 0.298. The lowest BCUT2D eigenvalue weighted by Gasteiger charge is -2.32. The van der Waals surface area contributed by atoms with Gasteiger partial charge in [-0.3, -0.25) is 9.59 Å². The fourth-order valence-electron chi connectivity index (χ4n) is 4.86. The molecular formula is C31H35ClN2O3. The summed E-state index contributed by atoms with van der Waals surface area (Å²) in [6.45, 7) is 4.09. The Balaban J connectivity index is 1.62. The van der Waals surface area contributed by atoms with Gasteiger partial charge < -0.3 is 15.0 Å². The van der Waals surface area contributed by atoms with E-state index in [4.69, 9.17) is 16.3 Å². The van der Waals surface area contributed by atoms with Crippen molar-refractivity contribution in [2.75, 3.05) is 6.61 Å². The maximum Gasteiger partial charge on any atom is 0.261 e. The minimum absolute atomic E-state index is 0.127. The van der Waals surface area contributed by atoms with Crippen molar-refractivity contribution in [3.8, 4) is 5.75 Å². The molecule has 1 unspecified atom stereocenters. The van der Waals surface area contributed by atoms with Crippen LogP contribution in [0.3, 0.4) is 0 Å². The standard InChI is InChI=1S/C31H35ClN2O3/c1-22-10-8-17-29(23(22)2)37-21-30(35)34(20-25-13-9-14-26(32)18-25)28(19-24-11-4-3-5-12-24)31(36)33-27-15-6-7-16-27/h3-5,8-14,17-18,27-28H,6-7,15-16,19-21H2,1-2H3,(H,33,36). The summed E-state index contributed by atoms with van der Waals surface area (Å²) in [6, 6.07) is 22.5. The van der Waals surface area contributed by atoms with E-state index < -0.39 is 6.04 Å². The Morgan fingerprint density at radius 3 is 2.41 bits per heavy atom. The third-order valence-electron chi connectivity index (χ3n) is 7.12. The van der Waals surface area contributed by atoms with Crippen LogP contribution >= 0.6 is 11.6 Å². The van der Waals surface area contributed by atoms with Crippen molar-refractivity contribution in [1.82, 2.24) is 10.2 Å². The van der Waals surface area contributed by atoms with Crippen molar-refractivity contribution in [3.05, 3.63) is 100 Å². The van der Waals surface area contributed by atoms with Crippen LogP contribution in [0.5, 0.6) is 5.75 Å². The molecule has 5 nitrogen and oxygen atoms in total. The number of carbonyl (C=O) groups is 2. The van der Waals surface area contributed by atoms with E-state index in [1.54, 1.807) is 11.0 Å². The van der Waals surface area contributed by atoms with Crippen LogP contribution in [0.1, 0.15) is 47.9 Å². The molecule has 0 saturated heterocycles. The molecule has 0 radical (unpaired) electrons. The molecule has 1 aliphatic rings. The predicted molar refractivity (Wildman–Crippen MR) is 148 cm³/mol. The summed E-state index contributed by atoms with van der Waals surface area (Å²) in [7, 11) is 0. The lowest BCUT2D eigenvalue weighted by atomic mass is 10.0. The van der Waals surface area contributed by atoms with Crippen molar-refractivity contribution in [2.24, 2.45) is 0 Å². The number of halogens is 1. The minimum Gasteiger partial charge on any atom is -0.483 e. The van der Waals surface area contributed by atoms with Crippen LogP contribution in [0.25, 0.3) is 0 Å². The molecule has 37 heavy (non-hydrogen) atoms. The zero-order valence-electron chi connectivity index (χ0n) is 21.6. The first kappa shape index (κ1) is 26.7. The highest BCUT2D eigenvalue weighted by atomic mass is 35.5. The number of nitrogens with zero attached hydrogens (tertiary/aromatic N) is 1. The van der Waals surface area contributed by atoms with Gasteiger partial charge in [-0.2, -0.15) is 0 Å². The molecule has 0 spiro atoms. The van der Waals surface area contributed by atoms with Gasteiger partial charge in [0, 0.05) is 24.0 Å². The van der Waals surface area contributed by atoms with Gasteiger partial charge in [0.25, 0.3) is 5.91 Å². The lowest BCUT2D eigenvalue weighted by molar-refractivity contribution is -0.143. The van der Waals surface area contributed by atoms with Gasteiger partial charge in [0.1, 0.15) is 11.8 Å². The van der Waals surface area contributed by atoms with Crippen LogP contribution in [0, 0.1) is 13.8 Å². The van der Waals surface area contributed by atoms with Crippen LogP contribution in [0.2, 0.25) is 5.02 Å². The van der Waals surface area contributed by atoms with E-state index in [9.17, 15) is 9.59 Å². The topological polar surface area (TPSA) is 58.6 Å². The Hall–Kier alpha value is -3.31. The summed E-state index contributed by atoms with van der Waals surface area (Å²) in [4.78, 5) is 29.1. The highest BCUT2D eigenvalue weighted by Crippen LogP contribution is 2.23. The molecule has 1 atom stereocenters. The Bertz CT molecular complexity index is 1210. The fraction of sp³-hybridized carbons (Fsp3) is 0.355. The molecule has 3 aromatic rings. The van der Waals surface area contributed by atoms with E-state index in [0.717, 1.165) is 47.9 Å². The number of aryl methyl sites for hydroxylation is 1. The van der Waals surface area contributed by atoms with Crippen LogP contribution < -0.4 is 10.1 Å². The molecule has 2 amide bonds. The molecule has 0 heterocycles. The molecule has 1 N–H and O–H groups in total. The summed E-state index contributed by atoms with van der Waals surface area (Å²) >= 11 is 6.26. The van der Waals surface area contributed by atoms with Crippen LogP contribution in [0.4, 0.5) is 0 Å². The highest BCUT2D eigenvalue weighted by molar-refractivity contribution is 6.30. The first-order valence-electron chi connectivity index (χ1n) is 13.0. The average Bonchev–Trinajstić information content (AvgIpc) is 3.40. The summed E-state index contributed by atoms with van der Waals surface area (Å²) < 4.78 is 5.99. The van der Waals surface area contributed by atoms with E-state index >= 15 is 0 Å². The van der Waals surface area contributed by atoms with Gasteiger partial charge in [-0.05, 0) is 67.1 Å². The first-order valence-corrected chi connectivity index (χ1v) is 13.4. The highest BCUT2D eigenvalue weighted by Gasteiger charge is 2.32. The van der Waals surface area contributed by atoms with Crippen molar-refractivity contribution >= 4 is 23.4 Å². The third kappa shape index (κ3) is 7.36. The number of amides is 2. The van der Waals surface area contributed by atoms with E-state index in [0.29, 0.717) is 17.2 Å². The van der Waals surface area contributed by atoms with E-state index in [-0.39, 0.29) is 31.0 Å². The van der Waals surface area contributed by atoms with E-state index in [1.807, 2.05) is 80.6 Å². The molecular weight excluding hydrogens is 484 g/mol. The predicted octanol–water partition coefficient (Wildman–Crippen LogP) is 6.03. The molecule has 0 aromatic heterocycles. The monoisotopic (exact) mass is 518 g/mol. The van der Waals surface area contributed by atoms with Crippen LogP contribution in [-0.2, 0) is 22.6 Å². The van der Waals surface area contributed by atoms with Gasteiger partial charge in [-0.1, -0.05) is 79.0 Å². The van der Waals surface area contributed by atoms with Gasteiger partial charge in [-0.15, -0.1) is 0 Å². The number of carbonyl (C=O) groups excluding carboxylic acids is 2. The molecule has 6 heteroatoms. The van der Waals surface area contributed by atoms with Crippen molar-refractivity contribution in [2.45, 2.75) is 64.6 Å². The minimum atomic E-state index is -0.684. The smallest absolute Gasteiger partial charge is 0.261 e. The Kier molecular flexibility index (Phi) is 9.24. The second kappa shape index (κ2) is 12.8. The van der Waals surface area contributed by atoms with Crippen molar-refractivity contribution in [1.29, 1.82) is 0 Å². The van der Waals surface area contributed by atoms with Gasteiger partial charge in [0.05, 0.1) is 0 Å². The van der Waals surface area contributed by atoms with Gasteiger partial charge in [0.15, 0.2) is 6.61 Å². The second-order valence-electron chi connectivity index (χ2n) is 9.83. The summed E-state index contributed by atoms with van der Waals surface area (Å²) in [6.07, 6.45) is 4.59. The largest absolute Gasteiger partial charge is 0.483 e. The Morgan fingerprint density at radius 1 is 0.973 bits per heavy atom. The third-order valence-corrected chi connectivity index (χ3v) is 7.36. The van der Waals surface area contributed by atoms with E-state index in [2.05, 4.69) is 5.32 Å². The first-order chi connectivity index (χ1) is 17.9. The molecule has 1 aliphatic carbocycles. The number of hydrogen-bond donors (Lipinski definition) is 1. The zero-order chi connectivity index (χ0) is 26.2. The average molecular weight is 519 g/mol. The maximum atomic E-state index is 13.8. The Labute approximate surface area is 224 Å². The molecule has 0 bridgehead atoms. The molecule has 1 saturated carbocycles. The summed E-state index contributed by atoms with van der Waals surface area (Å²) in [5, 5.41) is 3.81. The molecule has 194 valence electrons. The number of benzene rings is 3. The lowest BCUT2D eigenvalue weighted by Crippen LogP contribution is -2.53. The molecule has 1 fully saturated rings. The van der Waals surface area contributed by atoms with Crippen LogP contribution in [-0.4, -0.2) is 35.4 Å². The maximum absolute atomic E-state index is 13.8. The van der Waals surface area contributed by atoms with E-state index in [1.165, 1.54) is 0 Å². The quantitative estimate of drug-likeness (QED) is 0.356. The fourth-order valence-corrected chi connectivity index (χ4v) is 5.07. The molecule has 3 aromatic carbocycles. The second-order valence-corrected chi connectivity index (χ2v) is 10.3. The van der Waals surface area contributed by atoms with Crippen LogP contribution in [0.15, 0.2) is 72.8 Å². The Morgan fingerprint density at radius 2 is 1.68 bits per heavy atom. The van der Waals surface area contributed by atoms with Crippen molar-refractivity contribution < 1.29 is 14.3 Å². The molecule has 0 aliphatic heterocycles. The van der Waals surface area contributed by atoms with Gasteiger partial charge in [-0.25, -0.2) is 0 Å².